The van der Waals surface area contributed by atoms with Gasteiger partial charge in [-0.15, -0.1) is 0 Å². The molecule has 1 saturated carbocycles. The first-order chi connectivity index (χ1) is 7.92. The Kier molecular flexibility index (Phi) is 5.25. The summed E-state index contributed by atoms with van der Waals surface area (Å²) in [5.41, 5.74) is -0.447. The van der Waals surface area contributed by atoms with Crippen LogP contribution in [-0.4, -0.2) is 30.9 Å². The number of amides is 1. The molecule has 2 atom stereocenters. The van der Waals surface area contributed by atoms with Gasteiger partial charge in [-0.3, -0.25) is 0 Å². The molecular formula is C13H25NO3. The Hall–Kier alpha value is -0.770. The van der Waals surface area contributed by atoms with Crippen molar-refractivity contribution < 1.29 is 14.3 Å². The highest BCUT2D eigenvalue weighted by Gasteiger charge is 2.26. The Morgan fingerprint density at radius 2 is 1.82 bits per heavy atom. The molecule has 100 valence electrons. The van der Waals surface area contributed by atoms with Crippen LogP contribution in [-0.2, 0) is 9.47 Å². The number of hydrogen-bond acceptors (Lipinski definition) is 3. The number of ether oxygens (including phenoxy) is 2. The highest BCUT2D eigenvalue weighted by Crippen LogP contribution is 2.20. The first kappa shape index (κ1) is 14.3. The third kappa shape index (κ3) is 5.39. The number of alkyl carbamates (subject to hydrolysis) is 1. The summed E-state index contributed by atoms with van der Waals surface area (Å²) < 4.78 is 10.7. The Balaban J connectivity index is 2.49. The zero-order valence-corrected chi connectivity index (χ0v) is 11.4. The molecule has 1 aliphatic carbocycles. The molecule has 1 fully saturated rings. The van der Waals surface area contributed by atoms with Crippen LogP contribution in [0, 0.1) is 0 Å². The van der Waals surface area contributed by atoms with E-state index in [-0.39, 0.29) is 18.2 Å². The van der Waals surface area contributed by atoms with Gasteiger partial charge in [0.2, 0.25) is 0 Å². The van der Waals surface area contributed by atoms with Crippen molar-refractivity contribution in [3.63, 3.8) is 0 Å². The van der Waals surface area contributed by atoms with Gasteiger partial charge in [-0.1, -0.05) is 19.3 Å². The first-order valence-electron chi connectivity index (χ1n) is 6.44. The predicted molar refractivity (Wildman–Crippen MR) is 67.0 cm³/mol. The molecule has 4 heteroatoms. The SMILES string of the molecule is CO[C@@H]1CCCCC[C@H]1NC(=O)OC(C)(C)C. The van der Waals surface area contributed by atoms with E-state index < -0.39 is 5.60 Å². The molecule has 1 amide bonds. The molecule has 1 rings (SSSR count). The lowest BCUT2D eigenvalue weighted by Crippen LogP contribution is -2.45. The maximum atomic E-state index is 11.7. The average Bonchev–Trinajstić information content (AvgIpc) is 2.39. The number of hydrogen-bond donors (Lipinski definition) is 1. The van der Waals surface area contributed by atoms with Gasteiger partial charge < -0.3 is 14.8 Å². The molecule has 0 spiro atoms. The maximum Gasteiger partial charge on any atom is 0.407 e. The van der Waals surface area contributed by atoms with Crippen LogP contribution in [0.3, 0.4) is 0 Å². The van der Waals surface area contributed by atoms with Crippen LogP contribution in [0.15, 0.2) is 0 Å². The summed E-state index contributed by atoms with van der Waals surface area (Å²) in [7, 11) is 1.71. The summed E-state index contributed by atoms with van der Waals surface area (Å²) in [6.07, 6.45) is 5.28. The van der Waals surface area contributed by atoms with Crippen LogP contribution in [0.4, 0.5) is 4.79 Å². The molecular weight excluding hydrogens is 218 g/mol. The monoisotopic (exact) mass is 243 g/mol. The highest BCUT2D eigenvalue weighted by atomic mass is 16.6. The molecule has 0 unspecified atom stereocenters. The zero-order valence-electron chi connectivity index (χ0n) is 11.4. The minimum absolute atomic E-state index is 0.0809. The van der Waals surface area contributed by atoms with E-state index in [4.69, 9.17) is 9.47 Å². The minimum atomic E-state index is -0.447. The Morgan fingerprint density at radius 3 is 2.41 bits per heavy atom. The van der Waals surface area contributed by atoms with Crippen LogP contribution in [0.5, 0.6) is 0 Å². The van der Waals surface area contributed by atoms with Crippen LogP contribution in [0.1, 0.15) is 52.9 Å². The van der Waals surface area contributed by atoms with Crippen molar-refractivity contribution in [1.82, 2.24) is 5.32 Å². The fourth-order valence-electron chi connectivity index (χ4n) is 2.18. The molecule has 0 aromatic heterocycles. The fourth-order valence-corrected chi connectivity index (χ4v) is 2.18. The molecule has 0 aromatic carbocycles. The van der Waals surface area contributed by atoms with Crippen molar-refractivity contribution in [2.45, 2.75) is 70.6 Å². The quantitative estimate of drug-likeness (QED) is 0.759. The van der Waals surface area contributed by atoms with Crippen molar-refractivity contribution in [2.75, 3.05) is 7.11 Å². The van der Waals surface area contributed by atoms with E-state index in [1.807, 2.05) is 20.8 Å². The summed E-state index contributed by atoms with van der Waals surface area (Å²) in [5, 5.41) is 2.93. The summed E-state index contributed by atoms with van der Waals surface area (Å²) >= 11 is 0. The average molecular weight is 243 g/mol. The van der Waals surface area contributed by atoms with Crippen molar-refractivity contribution in [1.29, 1.82) is 0 Å². The molecule has 1 aliphatic rings. The summed E-state index contributed by atoms with van der Waals surface area (Å²) in [4.78, 5) is 11.7. The smallest absolute Gasteiger partial charge is 0.407 e. The second kappa shape index (κ2) is 6.24. The van der Waals surface area contributed by atoms with Gasteiger partial charge in [0.25, 0.3) is 0 Å². The number of methoxy groups -OCH3 is 1. The Morgan fingerprint density at radius 1 is 1.18 bits per heavy atom. The van der Waals surface area contributed by atoms with Crippen molar-refractivity contribution in [3.05, 3.63) is 0 Å². The van der Waals surface area contributed by atoms with E-state index in [2.05, 4.69) is 5.32 Å². The molecule has 0 aromatic rings. The number of rotatable bonds is 2. The highest BCUT2D eigenvalue weighted by molar-refractivity contribution is 5.68. The largest absolute Gasteiger partial charge is 0.444 e. The van der Waals surface area contributed by atoms with E-state index in [1.54, 1.807) is 7.11 Å². The molecule has 1 N–H and O–H groups in total. The van der Waals surface area contributed by atoms with Gasteiger partial charge in [-0.05, 0) is 33.6 Å². The molecule has 0 bridgehead atoms. The Bertz CT molecular complexity index is 248. The van der Waals surface area contributed by atoms with Gasteiger partial charge in [0.15, 0.2) is 0 Å². The van der Waals surface area contributed by atoms with Crippen LogP contribution >= 0.6 is 0 Å². The summed E-state index contributed by atoms with van der Waals surface area (Å²) in [6, 6.07) is 0.0809. The number of nitrogens with one attached hydrogen (secondary N) is 1. The van der Waals surface area contributed by atoms with Crippen molar-refractivity contribution in [2.24, 2.45) is 0 Å². The normalized spacial score (nSPS) is 26.1. The summed E-state index contributed by atoms with van der Waals surface area (Å²) in [6.45, 7) is 5.61. The molecule has 17 heavy (non-hydrogen) atoms. The molecule has 0 radical (unpaired) electrons. The van der Waals surface area contributed by atoms with Gasteiger partial charge in [0.05, 0.1) is 12.1 Å². The second-order valence-corrected chi connectivity index (χ2v) is 5.66. The van der Waals surface area contributed by atoms with Gasteiger partial charge >= 0.3 is 6.09 Å². The first-order valence-corrected chi connectivity index (χ1v) is 6.44. The van der Waals surface area contributed by atoms with Gasteiger partial charge in [-0.2, -0.15) is 0 Å². The third-order valence-corrected chi connectivity index (χ3v) is 2.96. The van der Waals surface area contributed by atoms with E-state index in [1.165, 1.54) is 12.8 Å². The van der Waals surface area contributed by atoms with Crippen molar-refractivity contribution in [3.8, 4) is 0 Å². The van der Waals surface area contributed by atoms with Crippen LogP contribution < -0.4 is 5.32 Å². The van der Waals surface area contributed by atoms with E-state index in [0.29, 0.717) is 0 Å². The number of carbonyl (C=O) groups excluding carboxylic acids is 1. The lowest BCUT2D eigenvalue weighted by atomic mass is 10.1. The second-order valence-electron chi connectivity index (χ2n) is 5.66. The third-order valence-electron chi connectivity index (χ3n) is 2.96. The predicted octanol–water partition coefficient (Wildman–Crippen LogP) is 2.86. The fraction of sp³-hybridized carbons (Fsp3) is 0.923. The lowest BCUT2D eigenvalue weighted by Gasteiger charge is -2.27. The van der Waals surface area contributed by atoms with Crippen LogP contribution in [0.25, 0.3) is 0 Å². The molecule has 0 saturated heterocycles. The molecule has 0 aliphatic heterocycles. The standard InChI is InChI=1S/C13H25NO3/c1-13(2,3)17-12(15)14-10-8-6-5-7-9-11(10)16-4/h10-11H,5-9H2,1-4H3,(H,14,15)/t10-,11-/m1/s1. The van der Waals surface area contributed by atoms with Crippen LogP contribution in [0.2, 0.25) is 0 Å². The van der Waals surface area contributed by atoms with Crippen molar-refractivity contribution >= 4 is 6.09 Å². The molecule has 0 heterocycles. The maximum absolute atomic E-state index is 11.7. The zero-order chi connectivity index (χ0) is 12.9. The number of carbonyl (C=O) groups is 1. The van der Waals surface area contributed by atoms with E-state index >= 15 is 0 Å². The topological polar surface area (TPSA) is 47.6 Å². The summed E-state index contributed by atoms with van der Waals surface area (Å²) in [5.74, 6) is 0. The Labute approximate surface area is 104 Å². The van der Waals surface area contributed by atoms with Gasteiger partial charge in [0, 0.05) is 7.11 Å². The molecule has 4 nitrogen and oxygen atoms in total. The van der Waals surface area contributed by atoms with E-state index in [0.717, 1.165) is 19.3 Å². The lowest BCUT2D eigenvalue weighted by molar-refractivity contribution is 0.0317. The van der Waals surface area contributed by atoms with Gasteiger partial charge in [0.1, 0.15) is 5.60 Å². The van der Waals surface area contributed by atoms with Gasteiger partial charge in [-0.25, -0.2) is 4.79 Å². The van der Waals surface area contributed by atoms with E-state index in [9.17, 15) is 4.79 Å². The minimum Gasteiger partial charge on any atom is -0.444 e.